The zero-order chi connectivity index (χ0) is 16.3. The molecule has 0 bridgehead atoms. The molecule has 0 aliphatic rings. The van der Waals surface area contributed by atoms with Crippen LogP contribution in [0, 0.1) is 0 Å². The highest BCUT2D eigenvalue weighted by Crippen LogP contribution is 2.46. The number of hydrogen-bond acceptors (Lipinski definition) is 2. The number of nitrogens with zero attached hydrogens (tertiary/aromatic N) is 1. The number of pyridine rings is 1. The second kappa shape index (κ2) is 7.16. The van der Waals surface area contributed by atoms with Crippen molar-refractivity contribution in [3.05, 3.63) is 53.6 Å². The Morgan fingerprint density at radius 3 is 1.73 bits per heavy atom. The van der Waals surface area contributed by atoms with Crippen molar-refractivity contribution < 1.29 is 14.0 Å². The monoisotopic (exact) mass is 375 g/mol. The number of rotatable bonds is 1. The smallest absolute Gasteiger partial charge is 0.214 e. The van der Waals surface area contributed by atoms with Crippen LogP contribution in [0.25, 0.3) is 21.8 Å². The van der Waals surface area contributed by atoms with Gasteiger partial charge in [-0.2, -0.15) is 4.57 Å². The van der Waals surface area contributed by atoms with E-state index in [4.69, 9.17) is 11.6 Å². The van der Waals surface area contributed by atoms with E-state index >= 15 is 0 Å². The first-order valence-corrected chi connectivity index (χ1v) is 10.3. The number of hydrogen-bond donors (Lipinski definition) is 0. The maximum atomic E-state index is 9.19. The molecule has 0 N–H and O–H groups in total. The number of benzene rings is 2. The molecule has 1 heterocycles. The van der Waals surface area contributed by atoms with Gasteiger partial charge in [0.1, 0.15) is 6.54 Å². The van der Waals surface area contributed by atoms with Crippen LogP contribution in [0.1, 0.15) is 6.92 Å². The zero-order valence-electron chi connectivity index (χ0n) is 11.7. The van der Waals surface area contributed by atoms with Crippen LogP contribution < -0.4 is 9.46 Å². The molecule has 1 aromatic heterocycles. The highest BCUT2D eigenvalue weighted by Gasteiger charge is 2.16. The lowest BCUT2D eigenvalue weighted by atomic mass is 10.1. The van der Waals surface area contributed by atoms with Crippen LogP contribution in [0.15, 0.2) is 48.5 Å². The quantitative estimate of drug-likeness (QED) is 0.345. The third-order valence-electron chi connectivity index (χ3n) is 3.18. The predicted octanol–water partition coefficient (Wildman–Crippen LogP) is 4.89. The van der Waals surface area contributed by atoms with Gasteiger partial charge in [0.2, 0.25) is 11.0 Å². The Bertz CT molecular complexity index is 799. The molecule has 0 saturated carbocycles. The molecule has 3 nitrogen and oxygen atoms in total. The van der Waals surface area contributed by atoms with Crippen molar-refractivity contribution in [1.29, 1.82) is 0 Å². The Hall–Kier alpha value is -0.830. The summed E-state index contributed by atoms with van der Waals surface area (Å²) in [5.74, 6) is 0. The molecule has 0 aliphatic heterocycles. The number of halogens is 3. The summed E-state index contributed by atoms with van der Waals surface area (Å²) in [6, 6.07) is 16.6. The van der Waals surface area contributed by atoms with Gasteiger partial charge in [-0.05, 0) is 19.1 Å². The first-order chi connectivity index (χ1) is 10.3. The van der Waals surface area contributed by atoms with Gasteiger partial charge in [-0.3, -0.25) is 0 Å². The van der Waals surface area contributed by atoms with Crippen LogP contribution in [0.2, 0.25) is 5.02 Å². The average molecular weight is 377 g/mol. The summed E-state index contributed by atoms with van der Waals surface area (Å²) < 4.78 is 11.5. The Morgan fingerprint density at radius 2 is 1.36 bits per heavy atom. The van der Waals surface area contributed by atoms with Crippen molar-refractivity contribution in [3.63, 3.8) is 0 Å². The average Bonchev–Trinajstić information content (AvgIpc) is 2.46. The maximum absolute atomic E-state index is 9.19. The molecular weight excluding hydrogens is 364 g/mol. The molecule has 3 rings (SSSR count). The van der Waals surface area contributed by atoms with Gasteiger partial charge in [0, 0.05) is 12.1 Å². The second-order valence-electron chi connectivity index (χ2n) is 4.51. The fraction of sp³-hybridized carbons (Fsp3) is 0.133. The summed E-state index contributed by atoms with van der Waals surface area (Å²) >= 11 is 15.1. The van der Waals surface area contributed by atoms with Gasteiger partial charge in [0.15, 0.2) is 6.07 Å². The highest BCUT2D eigenvalue weighted by molar-refractivity contribution is 8.03. The largest absolute Gasteiger partial charge is 0.776 e. The molecule has 3 aromatic rings. The molecule has 0 fully saturated rings. The van der Waals surface area contributed by atoms with Gasteiger partial charge in [-0.15, -0.1) is 0 Å². The van der Waals surface area contributed by atoms with Crippen LogP contribution in [0.5, 0.6) is 0 Å². The van der Waals surface area contributed by atoms with E-state index in [2.05, 4.69) is 70.4 Å². The predicted molar refractivity (Wildman–Crippen MR) is 91.6 cm³/mol. The van der Waals surface area contributed by atoms with Crippen LogP contribution >= 0.6 is 40.2 Å². The SMILES string of the molecule is CC[n+]1c2ccccc2c(Cl)c2ccccc21.O=P([O-])(Cl)Cl. The van der Waals surface area contributed by atoms with Crippen molar-refractivity contribution in [2.24, 2.45) is 0 Å². The Kier molecular flexibility index (Phi) is 5.70. The minimum atomic E-state index is -3.94. The van der Waals surface area contributed by atoms with Gasteiger partial charge in [0.25, 0.3) is 0 Å². The second-order valence-corrected chi connectivity index (χ2v) is 8.90. The van der Waals surface area contributed by atoms with Gasteiger partial charge in [-0.1, -0.05) is 58.3 Å². The van der Waals surface area contributed by atoms with Crippen LogP contribution in [0.3, 0.4) is 0 Å². The van der Waals surface area contributed by atoms with Crippen LogP contribution in [0.4, 0.5) is 0 Å². The summed E-state index contributed by atoms with van der Waals surface area (Å²) in [5, 5.41) is 3.09. The lowest BCUT2D eigenvalue weighted by Gasteiger charge is -2.06. The van der Waals surface area contributed by atoms with Crippen molar-refractivity contribution in [3.8, 4) is 0 Å². The summed E-state index contributed by atoms with van der Waals surface area (Å²) in [4.78, 5) is 9.19. The van der Waals surface area contributed by atoms with Gasteiger partial charge in [-0.25, -0.2) is 0 Å². The molecule has 0 atom stereocenters. The summed E-state index contributed by atoms with van der Waals surface area (Å²) in [5.41, 5.74) is 2.39. The van der Waals surface area contributed by atoms with Crippen molar-refractivity contribution in [1.82, 2.24) is 0 Å². The van der Waals surface area contributed by atoms with E-state index in [1.165, 1.54) is 11.0 Å². The van der Waals surface area contributed by atoms with Gasteiger partial charge in [0.05, 0.1) is 15.8 Å². The molecule has 0 saturated heterocycles. The molecule has 2 aromatic carbocycles. The molecule has 7 heteroatoms. The maximum Gasteiger partial charge on any atom is 0.214 e. The summed E-state index contributed by atoms with van der Waals surface area (Å²) in [6.45, 7) is 3.10. The van der Waals surface area contributed by atoms with Crippen molar-refractivity contribution in [2.75, 3.05) is 0 Å². The van der Waals surface area contributed by atoms with Crippen LogP contribution in [-0.4, -0.2) is 0 Å². The fourth-order valence-corrected chi connectivity index (χ4v) is 2.72. The molecular formula is C15H13Cl3NO2P. The lowest BCUT2D eigenvalue weighted by Crippen LogP contribution is -2.34. The molecule has 116 valence electrons. The molecule has 22 heavy (non-hydrogen) atoms. The highest BCUT2D eigenvalue weighted by atomic mass is 35.9. The third kappa shape index (κ3) is 4.13. The van der Waals surface area contributed by atoms with E-state index in [1.807, 2.05) is 12.1 Å². The van der Waals surface area contributed by atoms with E-state index in [0.29, 0.717) is 0 Å². The Morgan fingerprint density at radius 1 is 1.00 bits per heavy atom. The molecule has 0 unspecified atom stereocenters. The molecule has 0 spiro atoms. The number of para-hydroxylation sites is 2. The number of fused-ring (bicyclic) bond motifs is 2. The minimum Gasteiger partial charge on any atom is -0.776 e. The zero-order valence-corrected chi connectivity index (χ0v) is 14.8. The fourth-order valence-electron chi connectivity index (χ4n) is 2.40. The summed E-state index contributed by atoms with van der Waals surface area (Å²) in [7, 11) is 0. The molecule has 0 radical (unpaired) electrons. The van der Waals surface area contributed by atoms with Gasteiger partial charge >= 0.3 is 0 Å². The lowest BCUT2D eigenvalue weighted by molar-refractivity contribution is -0.641. The number of aromatic nitrogens is 1. The Balaban J connectivity index is 0.000000309. The van der Waals surface area contributed by atoms with E-state index in [1.54, 1.807) is 0 Å². The molecule has 0 aliphatic carbocycles. The third-order valence-corrected chi connectivity index (χ3v) is 3.59. The van der Waals surface area contributed by atoms with E-state index < -0.39 is 6.07 Å². The Labute approximate surface area is 143 Å². The standard InChI is InChI=1S/C15H13ClN.Cl2HO2P/c1-2-17-13-9-5-3-7-11(13)15(16)12-8-4-6-10-14(12)17;1-5(2,3)4/h3-10H,2H2,1H3;(H,3,4)/q+1;/p-1. The van der Waals surface area contributed by atoms with Crippen molar-refractivity contribution >= 4 is 62.0 Å². The number of aryl methyl sites for hydroxylation is 1. The van der Waals surface area contributed by atoms with E-state index in [0.717, 1.165) is 22.3 Å². The first kappa shape index (κ1) is 17.5. The molecule has 0 amide bonds. The topological polar surface area (TPSA) is 44.0 Å². The van der Waals surface area contributed by atoms with Gasteiger partial charge < -0.3 is 9.46 Å². The minimum absolute atomic E-state index is 0.848. The summed E-state index contributed by atoms with van der Waals surface area (Å²) in [6.07, 6.45) is -3.94. The van der Waals surface area contributed by atoms with E-state index in [-0.39, 0.29) is 0 Å². The normalized spacial score (nSPS) is 11.3. The van der Waals surface area contributed by atoms with Crippen LogP contribution in [-0.2, 0) is 11.1 Å². The first-order valence-electron chi connectivity index (χ1n) is 6.52. The van der Waals surface area contributed by atoms with E-state index in [9.17, 15) is 9.46 Å². The van der Waals surface area contributed by atoms with Crippen molar-refractivity contribution in [2.45, 2.75) is 13.5 Å².